The molecule has 0 aromatic heterocycles. The molecule has 1 N–H and O–H groups in total. The highest BCUT2D eigenvalue weighted by molar-refractivity contribution is 7.48. The monoisotopic (exact) mass is 140 g/mol. The van der Waals surface area contributed by atoms with Gasteiger partial charge in [0.05, 0.1) is 0 Å². The van der Waals surface area contributed by atoms with E-state index in [9.17, 15) is 9.36 Å². The fourth-order valence-corrected chi connectivity index (χ4v) is 0.606. The first-order valence-electron chi connectivity index (χ1n) is 1.53. The lowest BCUT2D eigenvalue weighted by Gasteiger charge is -1.87. The largest absolute Gasteiger partial charge is 0.569 e. The second kappa shape index (κ2) is 1.45. The van der Waals surface area contributed by atoms with Gasteiger partial charge < -0.3 is 4.52 Å². The molecule has 1 heterocycles. The first-order chi connectivity index (χ1) is 3.60. The predicted molar refractivity (Wildman–Crippen MR) is 18.5 cm³/mol. The molecule has 0 bridgehead atoms. The summed E-state index contributed by atoms with van der Waals surface area (Å²) in [5.41, 5.74) is 0. The lowest BCUT2D eigenvalue weighted by atomic mass is 11.4. The Labute approximate surface area is 43.5 Å². The highest BCUT2D eigenvalue weighted by Gasteiger charge is 2.38. The molecule has 1 unspecified atom stereocenters. The molecule has 1 aliphatic heterocycles. The lowest BCUT2D eigenvalue weighted by molar-refractivity contribution is -0.130. The molecule has 8 heavy (non-hydrogen) atoms. The van der Waals surface area contributed by atoms with E-state index in [2.05, 4.69) is 14.1 Å². The van der Waals surface area contributed by atoms with Gasteiger partial charge in [-0.1, -0.05) is 4.67 Å². The van der Waals surface area contributed by atoms with Gasteiger partial charge in [0.1, 0.15) is 0 Å². The number of carbonyl (C=O) groups excluding carboxylic acids is 1. The van der Waals surface area contributed by atoms with Gasteiger partial charge in [0.15, 0.2) is 0 Å². The van der Waals surface area contributed by atoms with Gasteiger partial charge in [-0.25, -0.2) is 14.2 Å². The van der Waals surface area contributed by atoms with Crippen LogP contribution in [0.4, 0.5) is 4.79 Å². The van der Waals surface area contributed by atoms with Crippen molar-refractivity contribution in [2.75, 3.05) is 0 Å². The zero-order valence-electron chi connectivity index (χ0n) is 3.44. The first kappa shape index (κ1) is 5.55. The van der Waals surface area contributed by atoms with Crippen LogP contribution in [-0.2, 0) is 18.7 Å². The van der Waals surface area contributed by atoms with Gasteiger partial charge in [0.25, 0.3) is 0 Å². The molecule has 0 radical (unpaired) electrons. The van der Waals surface area contributed by atoms with Crippen LogP contribution in [0.5, 0.6) is 0 Å². The van der Waals surface area contributed by atoms with Crippen molar-refractivity contribution in [3.05, 3.63) is 0 Å². The van der Waals surface area contributed by atoms with Crippen LogP contribution >= 0.6 is 7.82 Å². The maximum absolute atomic E-state index is 9.99. The van der Waals surface area contributed by atoms with Crippen LogP contribution in [0.25, 0.3) is 0 Å². The predicted octanol–water partition coefficient (Wildman–Crippen LogP) is 0.185. The third-order valence-electron chi connectivity index (χ3n) is 0.389. The van der Waals surface area contributed by atoms with Crippen LogP contribution in [0.3, 0.4) is 0 Å². The average molecular weight is 140 g/mol. The van der Waals surface area contributed by atoms with E-state index in [4.69, 9.17) is 4.89 Å². The summed E-state index contributed by atoms with van der Waals surface area (Å²) in [7, 11) is -4.17. The molecule has 1 aliphatic rings. The molecule has 1 atom stereocenters. The van der Waals surface area contributed by atoms with Gasteiger partial charge in [-0.3, -0.25) is 4.89 Å². The molecule has 6 nitrogen and oxygen atoms in total. The third kappa shape index (κ3) is 0.975. The number of hydrogen-bond donors (Lipinski definition) is 1. The Morgan fingerprint density at radius 1 is 1.62 bits per heavy atom. The van der Waals surface area contributed by atoms with Crippen LogP contribution in [0.15, 0.2) is 0 Å². The number of phosphoric acid groups is 1. The SMILES string of the molecule is O=C1OOP(=O)(O)O1. The van der Waals surface area contributed by atoms with Crippen LogP contribution in [0.2, 0.25) is 0 Å². The minimum absolute atomic E-state index is 1.30. The van der Waals surface area contributed by atoms with E-state index in [1.807, 2.05) is 0 Å². The van der Waals surface area contributed by atoms with E-state index >= 15 is 0 Å². The van der Waals surface area contributed by atoms with E-state index in [-0.39, 0.29) is 0 Å². The number of hydrogen-bond acceptors (Lipinski definition) is 5. The molecule has 1 saturated heterocycles. The van der Waals surface area contributed by atoms with E-state index in [0.717, 1.165) is 0 Å². The van der Waals surface area contributed by atoms with Crippen molar-refractivity contribution in [3.63, 3.8) is 0 Å². The van der Waals surface area contributed by atoms with Crippen LogP contribution < -0.4 is 0 Å². The zero-order valence-corrected chi connectivity index (χ0v) is 4.33. The van der Waals surface area contributed by atoms with Crippen LogP contribution in [0, 0.1) is 0 Å². The van der Waals surface area contributed by atoms with Crippen molar-refractivity contribution in [2.24, 2.45) is 0 Å². The summed E-state index contributed by atoms with van der Waals surface area (Å²) >= 11 is 0. The smallest absolute Gasteiger partial charge is 0.334 e. The van der Waals surface area contributed by atoms with Gasteiger partial charge in [-0.05, 0) is 0 Å². The molecule has 1 fully saturated rings. The molecule has 46 valence electrons. The van der Waals surface area contributed by atoms with E-state index in [1.165, 1.54) is 0 Å². The molecule has 0 amide bonds. The molecule has 0 aromatic carbocycles. The summed E-state index contributed by atoms with van der Waals surface area (Å²) < 4.78 is 17.1. The Balaban J connectivity index is 2.70. The fraction of sp³-hybridized carbons (Fsp3) is 0. The molecule has 7 heteroatoms. The van der Waals surface area contributed by atoms with Crippen molar-refractivity contribution in [1.82, 2.24) is 0 Å². The highest BCUT2D eigenvalue weighted by atomic mass is 31.2. The van der Waals surface area contributed by atoms with E-state index in [1.54, 1.807) is 0 Å². The van der Waals surface area contributed by atoms with Gasteiger partial charge in [0, 0.05) is 0 Å². The fourth-order valence-electron chi connectivity index (χ4n) is 0.202. The summed E-state index contributed by atoms with van der Waals surface area (Å²) in [5.74, 6) is 0. The van der Waals surface area contributed by atoms with Gasteiger partial charge >= 0.3 is 14.0 Å². The van der Waals surface area contributed by atoms with Crippen molar-refractivity contribution in [3.8, 4) is 0 Å². The molecule has 0 spiro atoms. The number of carbonyl (C=O) groups is 1. The van der Waals surface area contributed by atoms with Gasteiger partial charge in [-0.15, -0.1) is 0 Å². The average Bonchev–Trinajstić information content (AvgIpc) is 1.82. The molecule has 0 aliphatic carbocycles. The van der Waals surface area contributed by atoms with Crippen molar-refractivity contribution >= 4 is 14.0 Å². The second-order valence-electron chi connectivity index (χ2n) is 0.968. The van der Waals surface area contributed by atoms with Crippen molar-refractivity contribution in [1.29, 1.82) is 0 Å². The summed E-state index contributed by atoms with van der Waals surface area (Å²) in [6.45, 7) is 0. The zero-order chi connectivity index (χ0) is 6.20. The summed E-state index contributed by atoms with van der Waals surface area (Å²) in [6.07, 6.45) is -1.30. The third-order valence-corrected chi connectivity index (χ3v) is 1.03. The van der Waals surface area contributed by atoms with E-state index in [0.29, 0.717) is 0 Å². The lowest BCUT2D eigenvalue weighted by Crippen LogP contribution is -1.87. The molecular formula is CHO6P. The van der Waals surface area contributed by atoms with Crippen molar-refractivity contribution < 1.29 is 28.3 Å². The van der Waals surface area contributed by atoms with E-state index < -0.39 is 14.0 Å². The minimum atomic E-state index is -4.17. The number of rotatable bonds is 0. The summed E-state index contributed by atoms with van der Waals surface area (Å²) in [5, 5.41) is 0. The summed E-state index contributed by atoms with van der Waals surface area (Å²) in [6, 6.07) is 0. The Bertz CT molecular complexity index is 160. The Morgan fingerprint density at radius 2 is 2.25 bits per heavy atom. The topological polar surface area (TPSA) is 82.1 Å². The molecule has 1 rings (SSSR count). The van der Waals surface area contributed by atoms with Crippen LogP contribution in [-0.4, -0.2) is 11.0 Å². The molecule has 0 saturated carbocycles. The van der Waals surface area contributed by atoms with Gasteiger partial charge in [0.2, 0.25) is 0 Å². The maximum Gasteiger partial charge on any atom is 0.569 e. The maximum atomic E-state index is 9.99. The van der Waals surface area contributed by atoms with Gasteiger partial charge in [-0.2, -0.15) is 0 Å². The quantitative estimate of drug-likeness (QED) is 0.381. The molecule has 0 aromatic rings. The summed E-state index contributed by atoms with van der Waals surface area (Å²) in [4.78, 5) is 21.4. The van der Waals surface area contributed by atoms with Crippen molar-refractivity contribution in [2.45, 2.75) is 0 Å². The Hall–Kier alpha value is -0.580. The molecular weight excluding hydrogens is 139 g/mol. The Kier molecular flexibility index (Phi) is 1.00. The first-order valence-corrected chi connectivity index (χ1v) is 3.02. The Morgan fingerprint density at radius 3 is 2.38 bits per heavy atom. The van der Waals surface area contributed by atoms with Crippen LogP contribution in [0.1, 0.15) is 0 Å². The second-order valence-corrected chi connectivity index (χ2v) is 2.24. The normalized spacial score (nSPS) is 36.4. The standard InChI is InChI=1S/CHO6P/c2-1-5-7-8(3,4)6-1/h(H,3,4). The highest BCUT2D eigenvalue weighted by Crippen LogP contribution is 2.48. The number of phosphoric ester groups is 1. The minimum Gasteiger partial charge on any atom is -0.334 e.